The summed E-state index contributed by atoms with van der Waals surface area (Å²) in [6.45, 7) is 0.721. The van der Waals surface area contributed by atoms with E-state index in [0.29, 0.717) is 0 Å². The highest BCUT2D eigenvalue weighted by atomic mass is 79.9. The van der Waals surface area contributed by atoms with Crippen molar-refractivity contribution in [1.82, 2.24) is 0 Å². The molecule has 21 heavy (non-hydrogen) atoms. The number of hydrogen-bond donors (Lipinski definition) is 0. The van der Waals surface area contributed by atoms with Gasteiger partial charge in [-0.3, -0.25) is 4.79 Å². The second kappa shape index (κ2) is 5.53. The van der Waals surface area contributed by atoms with Crippen LogP contribution in [-0.2, 0) is 6.42 Å². The van der Waals surface area contributed by atoms with Crippen LogP contribution < -0.4 is 9.80 Å². The first-order valence-electron chi connectivity index (χ1n) is 6.94. The number of fused-ring (bicyclic) bond motifs is 1. The van der Waals surface area contributed by atoms with Gasteiger partial charge >= 0.3 is 0 Å². The van der Waals surface area contributed by atoms with Crippen LogP contribution in [0, 0.1) is 0 Å². The molecule has 2 aromatic rings. The van der Waals surface area contributed by atoms with Crippen LogP contribution in [0.3, 0.4) is 0 Å². The summed E-state index contributed by atoms with van der Waals surface area (Å²) in [5.74, 6) is 0.0830. The highest BCUT2D eigenvalue weighted by molar-refractivity contribution is 9.10. The van der Waals surface area contributed by atoms with Crippen LogP contribution in [0.4, 0.5) is 11.4 Å². The molecule has 0 fully saturated rings. The van der Waals surface area contributed by atoms with Crippen molar-refractivity contribution in [3.8, 4) is 0 Å². The van der Waals surface area contributed by atoms with Gasteiger partial charge in [-0.2, -0.15) is 0 Å². The summed E-state index contributed by atoms with van der Waals surface area (Å²) in [5.41, 5.74) is 4.03. The smallest absolute Gasteiger partial charge is 0.258 e. The van der Waals surface area contributed by atoms with Crippen molar-refractivity contribution in [2.75, 3.05) is 30.4 Å². The lowest BCUT2D eigenvalue weighted by molar-refractivity contribution is 0.0980. The van der Waals surface area contributed by atoms with Gasteiger partial charge < -0.3 is 9.80 Å². The molecule has 1 heterocycles. The van der Waals surface area contributed by atoms with E-state index in [1.165, 1.54) is 0 Å². The van der Waals surface area contributed by atoms with E-state index in [1.54, 1.807) is 0 Å². The number of carbonyl (C=O) groups excluding carboxylic acids is 1. The molecule has 0 radical (unpaired) electrons. The van der Waals surface area contributed by atoms with Gasteiger partial charge in [-0.1, -0.05) is 22.0 Å². The fourth-order valence-corrected chi connectivity index (χ4v) is 3.03. The number of amides is 1. The van der Waals surface area contributed by atoms with E-state index in [4.69, 9.17) is 0 Å². The van der Waals surface area contributed by atoms with Crippen molar-refractivity contribution < 1.29 is 4.79 Å². The lowest BCUT2D eigenvalue weighted by atomic mass is 9.97. The number of benzene rings is 2. The predicted octanol–water partition coefficient (Wildman–Crippen LogP) is 3.72. The lowest BCUT2D eigenvalue weighted by Crippen LogP contribution is -2.37. The molecule has 3 nitrogen and oxygen atoms in total. The Kier molecular flexibility index (Phi) is 3.72. The summed E-state index contributed by atoms with van der Waals surface area (Å²) in [6.07, 6.45) is 0.884. The van der Waals surface area contributed by atoms with Gasteiger partial charge in [0.25, 0.3) is 5.91 Å². The minimum atomic E-state index is 0.0830. The number of rotatable bonds is 2. The molecule has 0 atom stereocenters. The maximum atomic E-state index is 12.7. The third-order valence-electron chi connectivity index (χ3n) is 3.81. The lowest BCUT2D eigenvalue weighted by Gasteiger charge is -2.29. The standard InChI is InChI=1S/C17H17BrN2O/c1-19(2)14-6-7-16-12(10-14)8-9-20(17(16)21)15-5-3-4-13(18)11-15/h3-7,10-11H,8-9H2,1-2H3. The quantitative estimate of drug-likeness (QED) is 0.828. The van der Waals surface area contributed by atoms with Crippen LogP contribution >= 0.6 is 15.9 Å². The molecule has 4 heteroatoms. The molecule has 108 valence electrons. The van der Waals surface area contributed by atoms with Crippen LogP contribution in [0.1, 0.15) is 15.9 Å². The summed E-state index contributed by atoms with van der Waals surface area (Å²) in [4.78, 5) is 16.6. The van der Waals surface area contributed by atoms with Gasteiger partial charge in [0.15, 0.2) is 0 Å². The van der Waals surface area contributed by atoms with Gasteiger partial charge in [-0.15, -0.1) is 0 Å². The largest absolute Gasteiger partial charge is 0.378 e. The topological polar surface area (TPSA) is 23.6 Å². The summed E-state index contributed by atoms with van der Waals surface area (Å²) in [6, 6.07) is 13.9. The monoisotopic (exact) mass is 344 g/mol. The molecule has 0 aliphatic carbocycles. The molecule has 3 rings (SSSR count). The maximum Gasteiger partial charge on any atom is 0.258 e. The molecule has 0 saturated heterocycles. The van der Waals surface area contributed by atoms with Crippen molar-refractivity contribution in [3.05, 3.63) is 58.1 Å². The molecule has 0 saturated carbocycles. The van der Waals surface area contributed by atoms with Crippen molar-refractivity contribution in [2.45, 2.75) is 6.42 Å². The Labute approximate surface area is 133 Å². The van der Waals surface area contributed by atoms with Crippen LogP contribution in [0.5, 0.6) is 0 Å². The van der Waals surface area contributed by atoms with Gasteiger partial charge in [-0.25, -0.2) is 0 Å². The highest BCUT2D eigenvalue weighted by Crippen LogP contribution is 2.28. The van der Waals surface area contributed by atoms with Gasteiger partial charge in [0.1, 0.15) is 0 Å². The zero-order valence-electron chi connectivity index (χ0n) is 12.1. The normalized spacial score (nSPS) is 14.0. The fourth-order valence-electron chi connectivity index (χ4n) is 2.64. The molecule has 1 aliphatic rings. The third-order valence-corrected chi connectivity index (χ3v) is 4.30. The van der Waals surface area contributed by atoms with Crippen LogP contribution in [0.25, 0.3) is 0 Å². The van der Waals surface area contributed by atoms with Crippen LogP contribution in [0.15, 0.2) is 46.9 Å². The van der Waals surface area contributed by atoms with E-state index in [0.717, 1.165) is 39.9 Å². The third kappa shape index (κ3) is 2.68. The molecule has 1 amide bonds. The highest BCUT2D eigenvalue weighted by Gasteiger charge is 2.25. The second-order valence-corrected chi connectivity index (χ2v) is 6.34. The number of anilines is 2. The Morgan fingerprint density at radius 2 is 1.95 bits per heavy atom. The Bertz CT molecular complexity index is 697. The van der Waals surface area contributed by atoms with Crippen molar-refractivity contribution in [2.24, 2.45) is 0 Å². The van der Waals surface area contributed by atoms with E-state index < -0.39 is 0 Å². The average molecular weight is 345 g/mol. The number of hydrogen-bond acceptors (Lipinski definition) is 2. The molecular weight excluding hydrogens is 328 g/mol. The minimum absolute atomic E-state index is 0.0830. The van der Waals surface area contributed by atoms with E-state index in [9.17, 15) is 4.79 Å². The van der Waals surface area contributed by atoms with Crippen LogP contribution in [0.2, 0.25) is 0 Å². The number of carbonyl (C=O) groups is 1. The van der Waals surface area contributed by atoms with Gasteiger partial charge in [0.2, 0.25) is 0 Å². The Morgan fingerprint density at radius 1 is 1.14 bits per heavy atom. The molecule has 0 bridgehead atoms. The van der Waals surface area contributed by atoms with Gasteiger partial charge in [0.05, 0.1) is 0 Å². The van der Waals surface area contributed by atoms with Crippen LogP contribution in [-0.4, -0.2) is 26.5 Å². The first-order valence-corrected chi connectivity index (χ1v) is 7.73. The van der Waals surface area contributed by atoms with Crippen molar-refractivity contribution >= 4 is 33.2 Å². The first-order chi connectivity index (χ1) is 10.1. The van der Waals surface area contributed by atoms with E-state index in [1.807, 2.05) is 55.4 Å². The predicted molar refractivity (Wildman–Crippen MR) is 90.3 cm³/mol. The van der Waals surface area contributed by atoms with Crippen molar-refractivity contribution in [3.63, 3.8) is 0 Å². The first kappa shape index (κ1) is 14.1. The Morgan fingerprint density at radius 3 is 2.67 bits per heavy atom. The number of halogens is 1. The van der Waals surface area contributed by atoms with E-state index in [-0.39, 0.29) is 5.91 Å². The molecular formula is C17H17BrN2O. The molecule has 1 aliphatic heterocycles. The average Bonchev–Trinajstić information content (AvgIpc) is 2.47. The summed E-state index contributed by atoms with van der Waals surface area (Å²) in [5, 5.41) is 0. The fraction of sp³-hybridized carbons (Fsp3) is 0.235. The maximum absolute atomic E-state index is 12.7. The van der Waals surface area contributed by atoms with Gasteiger partial charge in [0, 0.05) is 42.1 Å². The SMILES string of the molecule is CN(C)c1ccc2c(c1)CCN(c1cccc(Br)c1)C2=O. The molecule has 0 spiro atoms. The summed E-state index contributed by atoms with van der Waals surface area (Å²) < 4.78 is 0.988. The van der Waals surface area contributed by atoms with Gasteiger partial charge in [-0.05, 0) is 48.4 Å². The molecule has 0 aromatic heterocycles. The zero-order chi connectivity index (χ0) is 15.0. The van der Waals surface area contributed by atoms with E-state index in [2.05, 4.69) is 26.9 Å². The van der Waals surface area contributed by atoms with Crippen molar-refractivity contribution in [1.29, 1.82) is 0 Å². The summed E-state index contributed by atoms with van der Waals surface area (Å²) >= 11 is 3.46. The number of nitrogens with zero attached hydrogens (tertiary/aromatic N) is 2. The summed E-state index contributed by atoms with van der Waals surface area (Å²) in [7, 11) is 4.03. The Hall–Kier alpha value is -1.81. The van der Waals surface area contributed by atoms with E-state index >= 15 is 0 Å². The zero-order valence-corrected chi connectivity index (χ0v) is 13.7. The second-order valence-electron chi connectivity index (χ2n) is 5.42. The minimum Gasteiger partial charge on any atom is -0.378 e. The molecule has 0 unspecified atom stereocenters. The Balaban J connectivity index is 1.96. The molecule has 0 N–H and O–H groups in total. The molecule has 2 aromatic carbocycles.